The van der Waals surface area contributed by atoms with E-state index < -0.39 is 6.10 Å². The molecule has 0 saturated carbocycles. The fraction of sp³-hybridized carbons (Fsp3) is 0.167. The van der Waals surface area contributed by atoms with Gasteiger partial charge >= 0.3 is 0 Å². The second kappa shape index (κ2) is 5.73. The highest BCUT2D eigenvalue weighted by Crippen LogP contribution is 2.28. The van der Waals surface area contributed by atoms with Crippen LogP contribution in [0.15, 0.2) is 46.7 Å². The molecule has 0 amide bonds. The van der Waals surface area contributed by atoms with E-state index in [1.807, 2.05) is 41.8 Å². The van der Waals surface area contributed by atoms with Gasteiger partial charge in [0.25, 0.3) is 0 Å². The van der Waals surface area contributed by atoms with E-state index in [0.29, 0.717) is 5.75 Å². The van der Waals surface area contributed by atoms with Gasteiger partial charge in [-0.25, -0.2) is 0 Å². The summed E-state index contributed by atoms with van der Waals surface area (Å²) < 4.78 is 0. The molecule has 1 unspecified atom stereocenters. The third-order valence-electron chi connectivity index (χ3n) is 2.08. The number of aliphatic hydroxyl groups is 1. The molecule has 1 aromatic heterocycles. The molecule has 0 saturated heterocycles. The monoisotopic (exact) mass is 270 g/mol. The number of halogens is 1. The summed E-state index contributed by atoms with van der Waals surface area (Å²) in [6.45, 7) is 0. The zero-order chi connectivity index (χ0) is 11.4. The van der Waals surface area contributed by atoms with Gasteiger partial charge in [0.15, 0.2) is 0 Å². The molecule has 1 nitrogen and oxygen atoms in total. The van der Waals surface area contributed by atoms with Crippen molar-refractivity contribution in [3.8, 4) is 0 Å². The minimum atomic E-state index is -0.399. The Labute approximate surface area is 108 Å². The second-order valence-corrected chi connectivity index (χ2v) is 5.81. The number of hydrogen-bond donors (Lipinski definition) is 1. The molecule has 0 aliphatic heterocycles. The zero-order valence-corrected chi connectivity index (χ0v) is 10.9. The van der Waals surface area contributed by atoms with Crippen LogP contribution in [0.1, 0.15) is 11.0 Å². The quantitative estimate of drug-likeness (QED) is 0.839. The maximum Gasteiger partial charge on any atom is 0.0975 e. The third kappa shape index (κ3) is 3.25. The molecule has 1 atom stereocenters. The number of thioether (sulfide) groups is 1. The summed E-state index contributed by atoms with van der Waals surface area (Å²) >= 11 is 9.08. The molecule has 1 aromatic carbocycles. The first-order valence-electron chi connectivity index (χ1n) is 4.85. The highest BCUT2D eigenvalue weighted by Gasteiger charge is 2.08. The first kappa shape index (κ1) is 12.0. The Kier molecular flexibility index (Phi) is 4.29. The normalized spacial score (nSPS) is 12.6. The van der Waals surface area contributed by atoms with Gasteiger partial charge in [-0.15, -0.1) is 23.1 Å². The molecule has 0 aliphatic rings. The van der Waals surface area contributed by atoms with Crippen LogP contribution in [0.2, 0.25) is 5.02 Å². The molecule has 16 heavy (non-hydrogen) atoms. The Hall–Kier alpha value is -0.480. The summed E-state index contributed by atoms with van der Waals surface area (Å²) in [4.78, 5) is 2.10. The topological polar surface area (TPSA) is 20.2 Å². The molecule has 0 spiro atoms. The molecular weight excluding hydrogens is 260 g/mol. The summed E-state index contributed by atoms with van der Waals surface area (Å²) in [5.41, 5.74) is 0. The number of thiophene rings is 1. The van der Waals surface area contributed by atoms with Crippen molar-refractivity contribution in [2.45, 2.75) is 11.0 Å². The minimum absolute atomic E-state index is 0.399. The van der Waals surface area contributed by atoms with Gasteiger partial charge in [0, 0.05) is 20.5 Å². The van der Waals surface area contributed by atoms with Crippen LogP contribution in [0.3, 0.4) is 0 Å². The van der Waals surface area contributed by atoms with Crippen molar-refractivity contribution < 1.29 is 5.11 Å². The minimum Gasteiger partial charge on any atom is -0.387 e. The van der Waals surface area contributed by atoms with Crippen LogP contribution < -0.4 is 0 Å². The van der Waals surface area contributed by atoms with Gasteiger partial charge in [0.1, 0.15) is 0 Å². The maximum atomic E-state index is 9.90. The van der Waals surface area contributed by atoms with E-state index in [9.17, 15) is 5.11 Å². The van der Waals surface area contributed by atoms with E-state index in [-0.39, 0.29) is 0 Å². The van der Waals surface area contributed by atoms with E-state index in [2.05, 4.69) is 0 Å². The van der Waals surface area contributed by atoms with Crippen LogP contribution in [0.25, 0.3) is 0 Å². The number of hydrogen-bond acceptors (Lipinski definition) is 3. The van der Waals surface area contributed by atoms with Crippen molar-refractivity contribution in [2.24, 2.45) is 0 Å². The van der Waals surface area contributed by atoms with E-state index in [1.54, 1.807) is 23.1 Å². The highest BCUT2D eigenvalue weighted by atomic mass is 35.5. The molecule has 2 aromatic rings. The molecule has 2 rings (SSSR count). The van der Waals surface area contributed by atoms with Gasteiger partial charge in [0.05, 0.1) is 6.10 Å². The van der Waals surface area contributed by atoms with Gasteiger partial charge < -0.3 is 5.11 Å². The Morgan fingerprint density at radius 2 is 2.19 bits per heavy atom. The van der Waals surface area contributed by atoms with E-state index in [0.717, 1.165) is 14.8 Å². The number of rotatable bonds is 4. The summed E-state index contributed by atoms with van der Waals surface area (Å²) in [6.07, 6.45) is -0.399. The fourth-order valence-electron chi connectivity index (χ4n) is 1.29. The SMILES string of the molecule is OC(CSc1cccc(Cl)c1)c1cccs1. The zero-order valence-electron chi connectivity index (χ0n) is 8.47. The first-order chi connectivity index (χ1) is 7.75. The van der Waals surface area contributed by atoms with Crippen LogP contribution in [-0.2, 0) is 0 Å². The summed E-state index contributed by atoms with van der Waals surface area (Å²) in [5.74, 6) is 0.654. The Bertz CT molecular complexity index is 442. The van der Waals surface area contributed by atoms with Crippen LogP contribution in [0.4, 0.5) is 0 Å². The highest BCUT2D eigenvalue weighted by molar-refractivity contribution is 7.99. The Morgan fingerprint density at radius 3 is 2.88 bits per heavy atom. The lowest BCUT2D eigenvalue weighted by atomic mass is 10.3. The summed E-state index contributed by atoms with van der Waals surface area (Å²) in [5, 5.41) is 12.6. The number of benzene rings is 1. The van der Waals surface area contributed by atoms with Gasteiger partial charge in [0.2, 0.25) is 0 Å². The molecular formula is C12H11ClOS2. The fourth-order valence-corrected chi connectivity index (χ4v) is 3.28. The van der Waals surface area contributed by atoms with Gasteiger partial charge in [-0.3, -0.25) is 0 Å². The lowest BCUT2D eigenvalue weighted by Gasteiger charge is -2.07. The molecule has 0 bridgehead atoms. The molecule has 1 heterocycles. The maximum absolute atomic E-state index is 9.90. The smallest absolute Gasteiger partial charge is 0.0975 e. The predicted octanol–water partition coefficient (Wildman–Crippen LogP) is 4.23. The van der Waals surface area contributed by atoms with Crippen molar-refractivity contribution in [3.05, 3.63) is 51.7 Å². The van der Waals surface area contributed by atoms with Crippen molar-refractivity contribution in [3.63, 3.8) is 0 Å². The van der Waals surface area contributed by atoms with Gasteiger partial charge in [-0.1, -0.05) is 23.7 Å². The van der Waals surface area contributed by atoms with Gasteiger partial charge in [-0.2, -0.15) is 0 Å². The predicted molar refractivity (Wildman–Crippen MR) is 71.5 cm³/mol. The molecule has 1 N–H and O–H groups in total. The van der Waals surface area contributed by atoms with Gasteiger partial charge in [-0.05, 0) is 29.6 Å². The third-order valence-corrected chi connectivity index (χ3v) is 4.35. The van der Waals surface area contributed by atoms with E-state index >= 15 is 0 Å². The average molecular weight is 271 g/mol. The molecule has 0 aliphatic carbocycles. The standard InChI is InChI=1S/C12H11ClOS2/c13-9-3-1-4-10(7-9)16-8-11(14)12-5-2-6-15-12/h1-7,11,14H,8H2. The van der Waals surface area contributed by atoms with Crippen molar-refractivity contribution in [1.29, 1.82) is 0 Å². The van der Waals surface area contributed by atoms with Crippen LogP contribution >= 0.6 is 34.7 Å². The van der Waals surface area contributed by atoms with E-state index in [1.165, 1.54) is 0 Å². The summed E-state index contributed by atoms with van der Waals surface area (Å²) in [7, 11) is 0. The lowest BCUT2D eigenvalue weighted by Crippen LogP contribution is -1.97. The first-order valence-corrected chi connectivity index (χ1v) is 7.10. The van der Waals surface area contributed by atoms with E-state index in [4.69, 9.17) is 11.6 Å². The molecule has 4 heteroatoms. The van der Waals surface area contributed by atoms with Crippen LogP contribution in [0, 0.1) is 0 Å². The molecule has 0 fully saturated rings. The van der Waals surface area contributed by atoms with Crippen LogP contribution in [-0.4, -0.2) is 10.9 Å². The largest absolute Gasteiger partial charge is 0.387 e. The molecule has 84 valence electrons. The van der Waals surface area contributed by atoms with Crippen molar-refractivity contribution in [1.82, 2.24) is 0 Å². The van der Waals surface area contributed by atoms with Crippen molar-refractivity contribution in [2.75, 3.05) is 5.75 Å². The molecule has 0 radical (unpaired) electrons. The van der Waals surface area contributed by atoms with Crippen LogP contribution in [0.5, 0.6) is 0 Å². The average Bonchev–Trinajstić information content (AvgIpc) is 2.79. The summed E-state index contributed by atoms with van der Waals surface area (Å²) in [6, 6.07) is 11.6. The van der Waals surface area contributed by atoms with Crippen molar-refractivity contribution >= 4 is 34.7 Å². The number of aliphatic hydroxyl groups excluding tert-OH is 1. The Morgan fingerprint density at radius 1 is 1.31 bits per heavy atom. The second-order valence-electron chi connectivity index (χ2n) is 3.30. The Balaban J connectivity index is 1.92. The lowest BCUT2D eigenvalue weighted by molar-refractivity contribution is 0.208.